The van der Waals surface area contributed by atoms with E-state index in [1.807, 2.05) is 0 Å². The predicted octanol–water partition coefficient (Wildman–Crippen LogP) is 3.34. The monoisotopic (exact) mass is 195 g/mol. The van der Waals surface area contributed by atoms with Crippen molar-refractivity contribution in [2.75, 3.05) is 6.54 Å². The third-order valence-electron chi connectivity index (χ3n) is 3.91. The maximum atomic E-state index is 3.76. The van der Waals surface area contributed by atoms with Crippen molar-refractivity contribution in [1.29, 1.82) is 0 Å². The van der Waals surface area contributed by atoms with Crippen molar-refractivity contribution in [3.8, 4) is 0 Å². The van der Waals surface area contributed by atoms with Crippen LogP contribution in [0.3, 0.4) is 0 Å². The Kier molecular flexibility index (Phi) is 3.86. The average molecular weight is 195 g/mol. The van der Waals surface area contributed by atoms with E-state index in [1.165, 1.54) is 57.9 Å². The molecule has 2 saturated carbocycles. The summed E-state index contributed by atoms with van der Waals surface area (Å²) in [4.78, 5) is 0. The molecule has 0 spiro atoms. The van der Waals surface area contributed by atoms with Gasteiger partial charge in [-0.3, -0.25) is 0 Å². The third-order valence-corrected chi connectivity index (χ3v) is 3.91. The molecular weight excluding hydrogens is 170 g/mol. The van der Waals surface area contributed by atoms with Gasteiger partial charge in [0.15, 0.2) is 0 Å². The lowest BCUT2D eigenvalue weighted by molar-refractivity contribution is 0.358. The van der Waals surface area contributed by atoms with Gasteiger partial charge in [-0.15, -0.1) is 0 Å². The van der Waals surface area contributed by atoms with E-state index < -0.39 is 0 Å². The molecule has 0 aromatic rings. The molecule has 0 amide bonds. The molecule has 1 heteroatoms. The SMILES string of the molecule is CCCNC(CC1CCCC1)C1CC1. The summed E-state index contributed by atoms with van der Waals surface area (Å²) in [5.41, 5.74) is 0. The van der Waals surface area contributed by atoms with E-state index in [4.69, 9.17) is 0 Å². The molecule has 14 heavy (non-hydrogen) atoms. The summed E-state index contributed by atoms with van der Waals surface area (Å²) in [7, 11) is 0. The highest BCUT2D eigenvalue weighted by molar-refractivity contribution is 4.88. The van der Waals surface area contributed by atoms with E-state index in [9.17, 15) is 0 Å². The Bertz CT molecular complexity index is 157. The van der Waals surface area contributed by atoms with Crippen LogP contribution in [-0.4, -0.2) is 12.6 Å². The average Bonchev–Trinajstić information content (AvgIpc) is 2.92. The largest absolute Gasteiger partial charge is 0.314 e. The maximum absolute atomic E-state index is 3.76. The second-order valence-corrected chi connectivity index (χ2v) is 5.28. The summed E-state index contributed by atoms with van der Waals surface area (Å²) >= 11 is 0. The Morgan fingerprint density at radius 2 is 1.86 bits per heavy atom. The molecule has 0 aromatic heterocycles. The first kappa shape index (κ1) is 10.5. The van der Waals surface area contributed by atoms with E-state index in [-0.39, 0.29) is 0 Å². The third kappa shape index (κ3) is 2.98. The molecule has 1 unspecified atom stereocenters. The van der Waals surface area contributed by atoms with Crippen LogP contribution in [0.4, 0.5) is 0 Å². The summed E-state index contributed by atoms with van der Waals surface area (Å²) in [5.74, 6) is 2.10. The van der Waals surface area contributed by atoms with Crippen LogP contribution in [0.25, 0.3) is 0 Å². The Morgan fingerprint density at radius 3 is 2.43 bits per heavy atom. The van der Waals surface area contributed by atoms with Crippen molar-refractivity contribution in [2.45, 2.75) is 64.3 Å². The zero-order valence-electron chi connectivity index (χ0n) is 9.60. The van der Waals surface area contributed by atoms with Gasteiger partial charge in [0.1, 0.15) is 0 Å². The molecule has 2 fully saturated rings. The van der Waals surface area contributed by atoms with Gasteiger partial charge in [0.2, 0.25) is 0 Å². The van der Waals surface area contributed by atoms with Crippen LogP contribution in [-0.2, 0) is 0 Å². The van der Waals surface area contributed by atoms with E-state index in [2.05, 4.69) is 12.2 Å². The molecule has 0 radical (unpaired) electrons. The van der Waals surface area contributed by atoms with Crippen molar-refractivity contribution in [3.05, 3.63) is 0 Å². The van der Waals surface area contributed by atoms with Crippen LogP contribution in [0.15, 0.2) is 0 Å². The van der Waals surface area contributed by atoms with Crippen LogP contribution in [0.2, 0.25) is 0 Å². The summed E-state index contributed by atoms with van der Waals surface area (Å²) < 4.78 is 0. The Hall–Kier alpha value is -0.0400. The predicted molar refractivity (Wildman–Crippen MR) is 61.4 cm³/mol. The van der Waals surface area contributed by atoms with E-state index in [0.717, 1.165) is 17.9 Å². The minimum atomic E-state index is 0.873. The Morgan fingerprint density at radius 1 is 1.14 bits per heavy atom. The first-order valence-electron chi connectivity index (χ1n) is 6.63. The quantitative estimate of drug-likeness (QED) is 0.685. The van der Waals surface area contributed by atoms with Crippen LogP contribution in [0, 0.1) is 11.8 Å². The highest BCUT2D eigenvalue weighted by Gasteiger charge is 2.32. The number of hydrogen-bond donors (Lipinski definition) is 1. The van der Waals surface area contributed by atoms with Gasteiger partial charge in [0, 0.05) is 6.04 Å². The van der Waals surface area contributed by atoms with Gasteiger partial charge < -0.3 is 5.32 Å². The second kappa shape index (κ2) is 5.16. The molecule has 1 atom stereocenters. The van der Waals surface area contributed by atoms with Crippen LogP contribution in [0.1, 0.15) is 58.3 Å². The molecule has 1 nitrogen and oxygen atoms in total. The molecule has 0 heterocycles. The standard InChI is InChI=1S/C13H25N/c1-2-9-14-13(12-7-8-12)10-11-5-3-4-6-11/h11-14H,2-10H2,1H3. The molecular formula is C13H25N. The molecule has 0 aromatic carbocycles. The van der Waals surface area contributed by atoms with E-state index in [0.29, 0.717) is 0 Å². The first-order chi connectivity index (χ1) is 6.90. The molecule has 2 rings (SSSR count). The zero-order chi connectivity index (χ0) is 9.80. The molecule has 0 aliphatic heterocycles. The number of hydrogen-bond acceptors (Lipinski definition) is 1. The summed E-state index contributed by atoms with van der Waals surface area (Å²) in [6, 6.07) is 0.873. The van der Waals surface area contributed by atoms with Crippen molar-refractivity contribution < 1.29 is 0 Å². The summed E-state index contributed by atoms with van der Waals surface area (Å²) in [5, 5.41) is 3.76. The fourth-order valence-electron chi connectivity index (χ4n) is 2.88. The van der Waals surface area contributed by atoms with Gasteiger partial charge in [0.05, 0.1) is 0 Å². The van der Waals surface area contributed by atoms with Crippen molar-refractivity contribution in [3.63, 3.8) is 0 Å². The van der Waals surface area contributed by atoms with Crippen molar-refractivity contribution in [2.24, 2.45) is 11.8 Å². The molecule has 2 aliphatic rings. The minimum absolute atomic E-state index is 0.873. The lowest BCUT2D eigenvalue weighted by Gasteiger charge is -2.21. The van der Waals surface area contributed by atoms with E-state index >= 15 is 0 Å². The lowest BCUT2D eigenvalue weighted by atomic mass is 9.95. The summed E-state index contributed by atoms with van der Waals surface area (Å²) in [6.45, 7) is 3.50. The van der Waals surface area contributed by atoms with Crippen LogP contribution in [0.5, 0.6) is 0 Å². The first-order valence-corrected chi connectivity index (χ1v) is 6.63. The number of nitrogens with one attached hydrogen (secondary N) is 1. The van der Waals surface area contributed by atoms with Gasteiger partial charge >= 0.3 is 0 Å². The van der Waals surface area contributed by atoms with Crippen molar-refractivity contribution in [1.82, 2.24) is 5.32 Å². The second-order valence-electron chi connectivity index (χ2n) is 5.28. The zero-order valence-corrected chi connectivity index (χ0v) is 9.60. The summed E-state index contributed by atoms with van der Waals surface area (Å²) in [6.07, 6.45) is 11.8. The van der Waals surface area contributed by atoms with Gasteiger partial charge in [-0.05, 0) is 44.1 Å². The van der Waals surface area contributed by atoms with Gasteiger partial charge in [-0.2, -0.15) is 0 Å². The lowest BCUT2D eigenvalue weighted by Crippen LogP contribution is -2.33. The molecule has 0 saturated heterocycles. The van der Waals surface area contributed by atoms with Gasteiger partial charge in [-0.1, -0.05) is 32.6 Å². The Labute approximate surface area is 88.7 Å². The van der Waals surface area contributed by atoms with Gasteiger partial charge in [0.25, 0.3) is 0 Å². The fraction of sp³-hybridized carbons (Fsp3) is 1.00. The Balaban J connectivity index is 1.71. The number of rotatable bonds is 6. The minimum Gasteiger partial charge on any atom is -0.314 e. The smallest absolute Gasteiger partial charge is 0.00979 e. The van der Waals surface area contributed by atoms with Crippen LogP contribution >= 0.6 is 0 Å². The van der Waals surface area contributed by atoms with Gasteiger partial charge in [-0.25, -0.2) is 0 Å². The highest BCUT2D eigenvalue weighted by Crippen LogP contribution is 2.38. The molecule has 1 N–H and O–H groups in total. The molecule has 0 bridgehead atoms. The molecule has 82 valence electrons. The van der Waals surface area contributed by atoms with Crippen LogP contribution < -0.4 is 5.32 Å². The normalized spacial score (nSPS) is 25.5. The maximum Gasteiger partial charge on any atom is 0.00979 e. The highest BCUT2D eigenvalue weighted by atomic mass is 14.9. The molecule has 2 aliphatic carbocycles. The van der Waals surface area contributed by atoms with Crippen molar-refractivity contribution >= 4 is 0 Å². The van der Waals surface area contributed by atoms with E-state index in [1.54, 1.807) is 0 Å². The topological polar surface area (TPSA) is 12.0 Å². The fourth-order valence-corrected chi connectivity index (χ4v) is 2.88.